The molecule has 0 aliphatic carbocycles. The molecule has 0 aromatic heterocycles. The predicted molar refractivity (Wildman–Crippen MR) is 112 cm³/mol. The molecule has 1 fully saturated rings. The van der Waals surface area contributed by atoms with Crippen LogP contribution in [0.4, 0.5) is 5.69 Å². The molecule has 0 radical (unpaired) electrons. The molecular formula is C21H30N2O8. The third kappa shape index (κ3) is 5.78. The number of ether oxygens (including phenoxy) is 5. The summed E-state index contributed by atoms with van der Waals surface area (Å²) < 4.78 is 26.0. The zero-order valence-electron chi connectivity index (χ0n) is 18.6. The molecule has 10 heteroatoms. The fraction of sp³-hybridized carbons (Fsp3) is 0.571. The maximum atomic E-state index is 13.1. The van der Waals surface area contributed by atoms with Crippen molar-refractivity contribution >= 4 is 23.5 Å². The van der Waals surface area contributed by atoms with Gasteiger partial charge in [0, 0.05) is 38.8 Å². The summed E-state index contributed by atoms with van der Waals surface area (Å²) in [6.45, 7) is 2.39. The number of carbonyl (C=O) groups excluding carboxylic acids is 3. The molecule has 1 aliphatic heterocycles. The lowest BCUT2D eigenvalue weighted by molar-refractivity contribution is -0.150. The van der Waals surface area contributed by atoms with E-state index in [-0.39, 0.29) is 51.1 Å². The highest BCUT2D eigenvalue weighted by Gasteiger charge is 2.38. The Morgan fingerprint density at radius 2 is 1.74 bits per heavy atom. The van der Waals surface area contributed by atoms with Gasteiger partial charge in [-0.25, -0.2) is 0 Å². The average molecular weight is 438 g/mol. The molecule has 1 atom stereocenters. The van der Waals surface area contributed by atoms with E-state index in [1.165, 1.54) is 38.2 Å². The Morgan fingerprint density at radius 3 is 2.26 bits per heavy atom. The van der Waals surface area contributed by atoms with Gasteiger partial charge in [-0.3, -0.25) is 14.4 Å². The first kappa shape index (κ1) is 24.3. The summed E-state index contributed by atoms with van der Waals surface area (Å²) in [7, 11) is 5.98. The lowest BCUT2D eigenvalue weighted by Gasteiger charge is -2.25. The van der Waals surface area contributed by atoms with Crippen molar-refractivity contribution in [2.24, 2.45) is 5.92 Å². The Morgan fingerprint density at radius 1 is 1.10 bits per heavy atom. The molecular weight excluding hydrogens is 408 g/mol. The van der Waals surface area contributed by atoms with Crippen molar-refractivity contribution in [2.45, 2.75) is 13.3 Å². The zero-order valence-corrected chi connectivity index (χ0v) is 18.6. The van der Waals surface area contributed by atoms with E-state index in [4.69, 9.17) is 23.7 Å². The molecule has 2 amide bonds. The number of amides is 2. The number of hydrogen-bond donors (Lipinski definition) is 0. The quantitative estimate of drug-likeness (QED) is 0.473. The minimum absolute atomic E-state index is 0.0296. The van der Waals surface area contributed by atoms with E-state index in [9.17, 15) is 14.4 Å². The summed E-state index contributed by atoms with van der Waals surface area (Å²) in [5.74, 6) is -0.389. The summed E-state index contributed by atoms with van der Waals surface area (Å²) in [6.07, 6.45) is 0.0296. The van der Waals surface area contributed by atoms with Crippen LogP contribution in [0.25, 0.3) is 0 Å². The van der Waals surface area contributed by atoms with Crippen LogP contribution in [0.5, 0.6) is 17.2 Å². The van der Waals surface area contributed by atoms with E-state index in [1.54, 1.807) is 19.1 Å². The minimum atomic E-state index is -0.599. The van der Waals surface area contributed by atoms with Crippen LogP contribution < -0.4 is 19.1 Å². The fourth-order valence-corrected chi connectivity index (χ4v) is 3.43. The standard InChI is InChI=1S/C21H30N2O8/c1-6-31-19(25)13-22(7-8-27-2)21(26)14-9-18(24)23(12-14)15-10-16(28-3)20(30-5)17(11-15)29-4/h10-11,14H,6-9,12-13H2,1-5H3. The highest BCUT2D eigenvalue weighted by molar-refractivity contribution is 6.01. The Balaban J connectivity index is 2.22. The number of methoxy groups -OCH3 is 4. The predicted octanol–water partition coefficient (Wildman–Crippen LogP) is 1.10. The van der Waals surface area contributed by atoms with E-state index in [1.807, 2.05) is 0 Å². The molecule has 0 spiro atoms. The van der Waals surface area contributed by atoms with Crippen molar-refractivity contribution in [1.82, 2.24) is 4.90 Å². The molecule has 1 unspecified atom stereocenters. The summed E-state index contributed by atoms with van der Waals surface area (Å²) in [6, 6.07) is 3.32. The summed E-state index contributed by atoms with van der Waals surface area (Å²) in [4.78, 5) is 40.6. The zero-order chi connectivity index (χ0) is 23.0. The van der Waals surface area contributed by atoms with Crippen LogP contribution in [-0.4, -0.2) is 84.0 Å². The third-order valence-electron chi connectivity index (χ3n) is 4.94. The van der Waals surface area contributed by atoms with Crippen LogP contribution in [-0.2, 0) is 23.9 Å². The number of nitrogens with zero attached hydrogens (tertiary/aromatic N) is 2. The number of anilines is 1. The Hall–Kier alpha value is -3.01. The van der Waals surface area contributed by atoms with Gasteiger partial charge in [0.1, 0.15) is 6.54 Å². The van der Waals surface area contributed by atoms with Crippen LogP contribution in [0.2, 0.25) is 0 Å². The van der Waals surface area contributed by atoms with Gasteiger partial charge in [-0.2, -0.15) is 0 Å². The molecule has 10 nitrogen and oxygen atoms in total. The van der Waals surface area contributed by atoms with Crippen molar-refractivity contribution in [3.05, 3.63) is 12.1 Å². The van der Waals surface area contributed by atoms with Gasteiger partial charge in [0.2, 0.25) is 17.6 Å². The van der Waals surface area contributed by atoms with Crippen molar-refractivity contribution < 1.29 is 38.1 Å². The monoisotopic (exact) mass is 438 g/mol. The molecule has 1 aromatic carbocycles. The highest BCUT2D eigenvalue weighted by Crippen LogP contribution is 2.42. The van der Waals surface area contributed by atoms with Crippen molar-refractivity contribution in [3.63, 3.8) is 0 Å². The topological polar surface area (TPSA) is 104 Å². The molecule has 1 saturated heterocycles. The number of benzene rings is 1. The van der Waals surface area contributed by atoms with E-state index in [0.717, 1.165) is 0 Å². The SMILES string of the molecule is CCOC(=O)CN(CCOC)C(=O)C1CC(=O)N(c2cc(OC)c(OC)c(OC)c2)C1. The van der Waals surface area contributed by atoms with E-state index in [2.05, 4.69) is 0 Å². The van der Waals surface area contributed by atoms with Crippen molar-refractivity contribution in [2.75, 3.05) is 66.2 Å². The van der Waals surface area contributed by atoms with Gasteiger partial charge >= 0.3 is 5.97 Å². The fourth-order valence-electron chi connectivity index (χ4n) is 3.43. The Labute approximate surface area is 181 Å². The van der Waals surface area contributed by atoms with Gasteiger partial charge in [0.25, 0.3) is 0 Å². The Kier molecular flexibility index (Phi) is 8.92. The second kappa shape index (κ2) is 11.4. The lowest BCUT2D eigenvalue weighted by Crippen LogP contribution is -2.42. The molecule has 1 aliphatic rings. The molecule has 0 saturated carbocycles. The first-order valence-corrected chi connectivity index (χ1v) is 9.93. The number of hydrogen-bond acceptors (Lipinski definition) is 8. The highest BCUT2D eigenvalue weighted by atomic mass is 16.5. The molecule has 1 aromatic rings. The van der Waals surface area contributed by atoms with Crippen LogP contribution in [0, 0.1) is 5.92 Å². The van der Waals surface area contributed by atoms with Gasteiger partial charge in [-0.05, 0) is 6.92 Å². The van der Waals surface area contributed by atoms with Crippen LogP contribution in [0.3, 0.4) is 0 Å². The first-order valence-electron chi connectivity index (χ1n) is 9.93. The minimum Gasteiger partial charge on any atom is -0.493 e. The van der Waals surface area contributed by atoms with Crippen LogP contribution in [0.15, 0.2) is 12.1 Å². The van der Waals surface area contributed by atoms with E-state index in [0.29, 0.717) is 22.9 Å². The summed E-state index contributed by atoms with van der Waals surface area (Å²) >= 11 is 0. The van der Waals surface area contributed by atoms with E-state index < -0.39 is 11.9 Å². The second-order valence-corrected chi connectivity index (χ2v) is 6.85. The summed E-state index contributed by atoms with van der Waals surface area (Å²) in [5.41, 5.74) is 0.531. The van der Waals surface area contributed by atoms with E-state index >= 15 is 0 Å². The largest absolute Gasteiger partial charge is 0.493 e. The van der Waals surface area contributed by atoms with Crippen molar-refractivity contribution in [3.8, 4) is 17.2 Å². The van der Waals surface area contributed by atoms with Gasteiger partial charge in [0.15, 0.2) is 11.5 Å². The molecule has 2 rings (SSSR count). The first-order chi connectivity index (χ1) is 14.9. The molecule has 1 heterocycles. The number of esters is 1. The van der Waals surface area contributed by atoms with Gasteiger partial charge in [0.05, 0.1) is 46.1 Å². The molecule has 0 bridgehead atoms. The van der Waals surface area contributed by atoms with Crippen LogP contribution >= 0.6 is 0 Å². The maximum Gasteiger partial charge on any atom is 0.325 e. The smallest absolute Gasteiger partial charge is 0.325 e. The third-order valence-corrected chi connectivity index (χ3v) is 4.94. The Bertz CT molecular complexity index is 773. The average Bonchev–Trinajstić information content (AvgIpc) is 3.16. The molecule has 172 valence electrons. The van der Waals surface area contributed by atoms with Crippen LogP contribution in [0.1, 0.15) is 13.3 Å². The maximum absolute atomic E-state index is 13.1. The van der Waals surface area contributed by atoms with Gasteiger partial charge in [-0.1, -0.05) is 0 Å². The lowest BCUT2D eigenvalue weighted by atomic mass is 10.1. The molecule has 31 heavy (non-hydrogen) atoms. The normalized spacial score (nSPS) is 15.6. The number of rotatable bonds is 11. The van der Waals surface area contributed by atoms with Crippen molar-refractivity contribution in [1.29, 1.82) is 0 Å². The number of carbonyl (C=O) groups is 3. The van der Waals surface area contributed by atoms with Gasteiger partial charge in [-0.15, -0.1) is 0 Å². The molecule has 0 N–H and O–H groups in total. The second-order valence-electron chi connectivity index (χ2n) is 6.85. The summed E-state index contributed by atoms with van der Waals surface area (Å²) in [5, 5.41) is 0. The van der Waals surface area contributed by atoms with Gasteiger partial charge < -0.3 is 33.5 Å².